The number of nitrogens with zero attached hydrogens (tertiary/aromatic N) is 2. The molecule has 2 amide bonds. The van der Waals surface area contributed by atoms with E-state index in [0.29, 0.717) is 35.5 Å². The molecule has 6 atom stereocenters. The Labute approximate surface area is 244 Å². The van der Waals surface area contributed by atoms with Crippen LogP contribution in [0.1, 0.15) is 37.8 Å². The largest absolute Gasteiger partial charge is 0.465 e. The molecule has 41 heavy (non-hydrogen) atoms. The van der Waals surface area contributed by atoms with Gasteiger partial charge in [0.15, 0.2) is 0 Å². The third-order valence-electron chi connectivity index (χ3n) is 8.90. The van der Waals surface area contributed by atoms with E-state index in [1.807, 2.05) is 55.5 Å². The molecule has 214 valence electrons. The van der Waals surface area contributed by atoms with E-state index in [2.05, 4.69) is 0 Å². The molecule has 1 unspecified atom stereocenters. The number of aliphatic hydroxyl groups excluding tert-OH is 1. The molecule has 4 aliphatic rings. The number of hydrogen-bond acceptors (Lipinski definition) is 6. The predicted molar refractivity (Wildman–Crippen MR) is 153 cm³/mol. The van der Waals surface area contributed by atoms with Crippen LogP contribution in [0.5, 0.6) is 0 Å². The highest BCUT2D eigenvalue weighted by Crippen LogP contribution is 2.59. The van der Waals surface area contributed by atoms with E-state index in [-0.39, 0.29) is 19.1 Å². The van der Waals surface area contributed by atoms with Gasteiger partial charge < -0.3 is 24.4 Å². The van der Waals surface area contributed by atoms with Gasteiger partial charge in [-0.2, -0.15) is 0 Å². The van der Waals surface area contributed by atoms with E-state index in [9.17, 15) is 19.5 Å². The molecular weight excluding hydrogens is 544 g/mol. The van der Waals surface area contributed by atoms with Crippen molar-refractivity contribution < 1.29 is 29.0 Å². The van der Waals surface area contributed by atoms with E-state index in [0.717, 1.165) is 0 Å². The number of likely N-dealkylation sites (tertiary alicyclic amines) is 1. The number of halogens is 1. The van der Waals surface area contributed by atoms with Crippen molar-refractivity contribution in [3.05, 3.63) is 89.5 Å². The van der Waals surface area contributed by atoms with Crippen molar-refractivity contribution in [2.24, 2.45) is 11.8 Å². The average molecular weight is 577 g/mol. The second-order valence-electron chi connectivity index (χ2n) is 11.0. The Hall–Kier alpha value is -3.46. The van der Waals surface area contributed by atoms with Gasteiger partial charge in [-0.1, -0.05) is 73.2 Å². The zero-order chi connectivity index (χ0) is 28.8. The number of esters is 1. The minimum Gasteiger partial charge on any atom is -0.465 e. The summed E-state index contributed by atoms with van der Waals surface area (Å²) < 4.78 is 12.7. The molecule has 2 aromatic rings. The van der Waals surface area contributed by atoms with Crippen LogP contribution in [0.15, 0.2) is 78.9 Å². The smallest absolute Gasteiger partial charge is 0.313 e. The van der Waals surface area contributed by atoms with Crippen molar-refractivity contribution in [2.75, 3.05) is 24.7 Å². The van der Waals surface area contributed by atoms with Gasteiger partial charge in [0.1, 0.15) is 23.2 Å². The van der Waals surface area contributed by atoms with Gasteiger partial charge in [-0.3, -0.25) is 14.4 Å². The second kappa shape index (κ2) is 10.7. The summed E-state index contributed by atoms with van der Waals surface area (Å²) >= 11 is 6.14. The zero-order valence-corrected chi connectivity index (χ0v) is 23.6. The van der Waals surface area contributed by atoms with E-state index in [1.165, 1.54) is 4.90 Å². The summed E-state index contributed by atoms with van der Waals surface area (Å²) in [6.07, 6.45) is 9.28. The van der Waals surface area contributed by atoms with Gasteiger partial charge in [-0.25, -0.2) is 0 Å². The maximum Gasteiger partial charge on any atom is 0.313 e. The van der Waals surface area contributed by atoms with Crippen LogP contribution in [-0.2, 0) is 23.9 Å². The van der Waals surface area contributed by atoms with Crippen molar-refractivity contribution in [1.29, 1.82) is 0 Å². The highest BCUT2D eigenvalue weighted by Gasteiger charge is 2.76. The van der Waals surface area contributed by atoms with Gasteiger partial charge >= 0.3 is 5.97 Å². The molecule has 0 radical (unpaired) electrons. The van der Waals surface area contributed by atoms with Crippen LogP contribution in [0, 0.1) is 11.8 Å². The molecule has 2 aromatic carbocycles. The highest BCUT2D eigenvalue weighted by molar-refractivity contribution is 6.30. The molecule has 0 bridgehead atoms. The summed E-state index contributed by atoms with van der Waals surface area (Å²) in [6, 6.07) is 14.1. The first-order valence-electron chi connectivity index (χ1n) is 14.1. The number of fused-ring (bicyclic) bond motifs is 2. The van der Waals surface area contributed by atoms with Crippen molar-refractivity contribution in [2.45, 2.75) is 49.5 Å². The quantitative estimate of drug-likeness (QED) is 0.423. The van der Waals surface area contributed by atoms with Gasteiger partial charge in [0.2, 0.25) is 5.91 Å². The summed E-state index contributed by atoms with van der Waals surface area (Å²) in [5.74, 6) is -3.27. The number of carbonyl (C=O) groups excluding carboxylic acids is 3. The van der Waals surface area contributed by atoms with Crippen LogP contribution in [-0.4, -0.2) is 64.8 Å². The predicted octanol–water partition coefficient (Wildman–Crippen LogP) is 4.23. The number of aliphatic hydroxyl groups is 1. The average Bonchev–Trinajstić information content (AvgIpc) is 3.36. The van der Waals surface area contributed by atoms with E-state index >= 15 is 0 Å². The van der Waals surface area contributed by atoms with Gasteiger partial charge in [0, 0.05) is 17.3 Å². The molecule has 0 aromatic heterocycles. The number of carbonyl (C=O) groups is 3. The minimum absolute atomic E-state index is 0.232. The molecule has 1 spiro atoms. The summed E-state index contributed by atoms with van der Waals surface area (Å²) in [4.78, 5) is 46.2. The van der Waals surface area contributed by atoms with Gasteiger partial charge in [-0.15, -0.1) is 0 Å². The summed E-state index contributed by atoms with van der Waals surface area (Å²) in [7, 11) is 0. The van der Waals surface area contributed by atoms with Crippen LogP contribution in [0.25, 0.3) is 0 Å². The van der Waals surface area contributed by atoms with Gasteiger partial charge in [-0.05, 0) is 49.1 Å². The van der Waals surface area contributed by atoms with E-state index in [1.54, 1.807) is 35.2 Å². The topological polar surface area (TPSA) is 96.4 Å². The van der Waals surface area contributed by atoms with Crippen LogP contribution in [0.4, 0.5) is 5.69 Å². The minimum atomic E-state index is -1.46. The Balaban J connectivity index is 1.55. The zero-order valence-electron chi connectivity index (χ0n) is 22.8. The number of rotatable bonds is 5. The number of ether oxygens (including phenoxy) is 2. The molecule has 4 aliphatic heterocycles. The second-order valence-corrected chi connectivity index (χ2v) is 11.5. The maximum atomic E-state index is 14.7. The lowest BCUT2D eigenvalue weighted by Gasteiger charge is -2.41. The summed E-state index contributed by atoms with van der Waals surface area (Å²) in [6.45, 7) is 1.97. The van der Waals surface area contributed by atoms with Crippen LogP contribution in [0.3, 0.4) is 0 Å². The molecule has 9 heteroatoms. The summed E-state index contributed by atoms with van der Waals surface area (Å²) in [5.41, 5.74) is -1.30. The molecule has 4 heterocycles. The molecular formula is C32H33ClN2O6. The monoisotopic (exact) mass is 576 g/mol. The van der Waals surface area contributed by atoms with Gasteiger partial charge in [0.05, 0.1) is 25.2 Å². The van der Waals surface area contributed by atoms with Crippen LogP contribution in [0.2, 0.25) is 5.02 Å². The third-order valence-corrected chi connectivity index (χ3v) is 9.15. The van der Waals surface area contributed by atoms with E-state index < -0.39 is 53.6 Å². The van der Waals surface area contributed by atoms with Gasteiger partial charge in [0.25, 0.3) is 5.91 Å². The summed E-state index contributed by atoms with van der Waals surface area (Å²) in [5, 5.41) is 11.2. The number of cyclic esters (lactones) is 1. The lowest BCUT2D eigenvalue weighted by Crippen LogP contribution is -2.57. The highest BCUT2D eigenvalue weighted by atomic mass is 35.5. The number of amides is 2. The Morgan fingerprint density at radius 2 is 1.76 bits per heavy atom. The SMILES string of the molecule is CC[C@]12/C=C\CCCOC(=O)[C@H]1[C@H]1C(=O)N([C@H](CO)c3ccccc3)C3C(=O)N(c4ccc(Cl)cc4)CC=C[C@@]31O2. The Morgan fingerprint density at radius 1 is 1.00 bits per heavy atom. The number of allylic oxidation sites excluding steroid dienone is 1. The Bertz CT molecular complexity index is 1390. The van der Waals surface area contributed by atoms with Crippen molar-refractivity contribution >= 4 is 35.1 Å². The molecule has 6 rings (SSSR count). The normalized spacial score (nSPS) is 32.7. The lowest BCUT2D eigenvalue weighted by molar-refractivity contribution is -0.161. The molecule has 8 nitrogen and oxygen atoms in total. The standard InChI is InChI=1S/C32H33ClN2O6/c1-2-31-16-7-4-8-19-40-30(39)26(31)25-28(37)35(24(20-36)21-10-5-3-6-11-21)27-29(38)34(18-9-17-32(25,27)41-31)23-14-12-22(33)13-15-23/h3,5-7,9-17,24-27,36H,2,4,8,18-20H2,1H3/b16-7-/t24-,25+,26-,27?,31+,32+/m1/s1. The first-order chi connectivity index (χ1) is 19.9. The number of anilines is 1. The lowest BCUT2D eigenvalue weighted by atomic mass is 9.73. The Morgan fingerprint density at radius 3 is 2.46 bits per heavy atom. The molecule has 0 aliphatic carbocycles. The van der Waals surface area contributed by atoms with Crippen molar-refractivity contribution in [3.8, 4) is 0 Å². The fourth-order valence-electron chi connectivity index (χ4n) is 7.03. The fraction of sp³-hybridized carbons (Fsp3) is 0.406. The van der Waals surface area contributed by atoms with Crippen LogP contribution >= 0.6 is 11.6 Å². The number of benzene rings is 2. The third kappa shape index (κ3) is 4.31. The van der Waals surface area contributed by atoms with Crippen molar-refractivity contribution in [1.82, 2.24) is 4.90 Å². The van der Waals surface area contributed by atoms with E-state index in [4.69, 9.17) is 21.1 Å². The molecule has 1 N–H and O–H groups in total. The van der Waals surface area contributed by atoms with Crippen molar-refractivity contribution in [3.63, 3.8) is 0 Å². The Kier molecular flexibility index (Phi) is 7.26. The first kappa shape index (κ1) is 27.7. The molecule has 2 fully saturated rings. The molecule has 2 saturated heterocycles. The first-order valence-corrected chi connectivity index (χ1v) is 14.5. The van der Waals surface area contributed by atoms with Crippen LogP contribution < -0.4 is 4.90 Å². The maximum absolute atomic E-state index is 14.7. The fourth-order valence-corrected chi connectivity index (χ4v) is 7.16. The number of hydrogen-bond donors (Lipinski definition) is 1. The molecule has 0 saturated carbocycles.